The molecular formula is C14H25BrN2S. The van der Waals surface area contributed by atoms with E-state index in [2.05, 4.69) is 61.2 Å². The van der Waals surface area contributed by atoms with Crippen molar-refractivity contribution < 1.29 is 0 Å². The molecule has 0 aromatic carbocycles. The molecule has 0 amide bonds. The van der Waals surface area contributed by atoms with E-state index in [-0.39, 0.29) is 0 Å². The van der Waals surface area contributed by atoms with Crippen LogP contribution in [0.3, 0.4) is 0 Å². The Kier molecular flexibility index (Phi) is 6.31. The maximum Gasteiger partial charge on any atom is 0.0701 e. The van der Waals surface area contributed by atoms with Crippen LogP contribution in [0.4, 0.5) is 0 Å². The number of hydrogen-bond acceptors (Lipinski definition) is 3. The molecule has 0 aliphatic rings. The molecule has 18 heavy (non-hydrogen) atoms. The first-order valence-electron chi connectivity index (χ1n) is 6.50. The van der Waals surface area contributed by atoms with Crippen LogP contribution in [0.25, 0.3) is 0 Å². The molecule has 2 nitrogen and oxygen atoms in total. The van der Waals surface area contributed by atoms with Crippen LogP contribution in [0, 0.1) is 11.3 Å². The Bertz CT molecular complexity index is 357. The zero-order valence-corrected chi connectivity index (χ0v) is 14.2. The normalized spacial score (nSPS) is 15.7. The predicted molar refractivity (Wildman–Crippen MR) is 84.7 cm³/mol. The topological polar surface area (TPSA) is 38.0 Å². The molecule has 0 fully saturated rings. The lowest BCUT2D eigenvalue weighted by atomic mass is 9.82. The van der Waals surface area contributed by atoms with Gasteiger partial charge in [0.05, 0.1) is 3.79 Å². The molecular weight excluding hydrogens is 308 g/mol. The SMILES string of the molecule is CC(CC(Cc1ccc(Br)s1)NN)CC(C)(C)C. The standard InChI is InChI=1S/C14H25BrN2S/c1-10(9-14(2,3)4)7-11(17-16)8-12-5-6-13(15)18-12/h5-6,10-11,17H,7-9,16H2,1-4H3. The summed E-state index contributed by atoms with van der Waals surface area (Å²) in [6, 6.07) is 4.65. The molecule has 1 aromatic rings. The molecule has 2 unspecified atom stereocenters. The van der Waals surface area contributed by atoms with Gasteiger partial charge in [-0.05, 0) is 58.7 Å². The summed E-state index contributed by atoms with van der Waals surface area (Å²) < 4.78 is 1.19. The first kappa shape index (κ1) is 16.2. The highest BCUT2D eigenvalue weighted by Crippen LogP contribution is 2.28. The molecule has 0 saturated carbocycles. The highest BCUT2D eigenvalue weighted by molar-refractivity contribution is 9.11. The molecule has 3 N–H and O–H groups in total. The minimum absolute atomic E-state index is 0.368. The Morgan fingerprint density at radius 1 is 1.39 bits per heavy atom. The second kappa shape index (κ2) is 7.04. The van der Waals surface area contributed by atoms with Gasteiger partial charge in [0.1, 0.15) is 0 Å². The second-order valence-electron chi connectivity index (χ2n) is 6.38. The van der Waals surface area contributed by atoms with Gasteiger partial charge in [0.25, 0.3) is 0 Å². The quantitative estimate of drug-likeness (QED) is 0.600. The average molecular weight is 333 g/mol. The average Bonchev–Trinajstić information content (AvgIpc) is 2.60. The van der Waals surface area contributed by atoms with E-state index in [1.807, 2.05) is 0 Å². The number of halogens is 1. The van der Waals surface area contributed by atoms with Crippen molar-refractivity contribution in [3.05, 3.63) is 20.8 Å². The summed E-state index contributed by atoms with van der Waals surface area (Å²) in [5, 5.41) is 0. The first-order valence-corrected chi connectivity index (χ1v) is 8.11. The molecule has 1 aromatic heterocycles. The van der Waals surface area contributed by atoms with Crippen LogP contribution >= 0.6 is 27.3 Å². The van der Waals surface area contributed by atoms with Gasteiger partial charge in [0, 0.05) is 10.9 Å². The van der Waals surface area contributed by atoms with Crippen LogP contribution in [0.5, 0.6) is 0 Å². The lowest BCUT2D eigenvalue weighted by Crippen LogP contribution is -2.38. The van der Waals surface area contributed by atoms with E-state index >= 15 is 0 Å². The molecule has 0 radical (unpaired) electrons. The number of hydrogen-bond donors (Lipinski definition) is 2. The van der Waals surface area contributed by atoms with Crippen LogP contribution in [-0.2, 0) is 6.42 Å². The van der Waals surface area contributed by atoms with Gasteiger partial charge in [-0.2, -0.15) is 0 Å². The minimum Gasteiger partial charge on any atom is -0.271 e. The van der Waals surface area contributed by atoms with Crippen molar-refractivity contribution in [3.63, 3.8) is 0 Å². The smallest absolute Gasteiger partial charge is 0.0701 e. The third-order valence-electron chi connectivity index (χ3n) is 2.96. The molecule has 2 atom stereocenters. The van der Waals surface area contributed by atoms with Crippen molar-refractivity contribution in [3.8, 4) is 0 Å². The van der Waals surface area contributed by atoms with Crippen molar-refractivity contribution >= 4 is 27.3 Å². The van der Waals surface area contributed by atoms with Crippen LogP contribution in [0.1, 0.15) is 45.4 Å². The molecule has 0 bridgehead atoms. The van der Waals surface area contributed by atoms with Crippen LogP contribution < -0.4 is 11.3 Å². The molecule has 1 heterocycles. The Morgan fingerprint density at radius 2 is 2.06 bits per heavy atom. The van der Waals surface area contributed by atoms with E-state index in [4.69, 9.17) is 5.84 Å². The number of nitrogens with one attached hydrogen (secondary N) is 1. The molecule has 0 spiro atoms. The van der Waals surface area contributed by atoms with Gasteiger partial charge >= 0.3 is 0 Å². The van der Waals surface area contributed by atoms with Gasteiger partial charge in [-0.15, -0.1) is 11.3 Å². The number of nitrogens with two attached hydrogens (primary N) is 1. The highest BCUT2D eigenvalue weighted by atomic mass is 79.9. The van der Waals surface area contributed by atoms with Crippen LogP contribution in [0.2, 0.25) is 0 Å². The zero-order chi connectivity index (χ0) is 13.8. The summed E-state index contributed by atoms with van der Waals surface area (Å²) in [5.74, 6) is 6.37. The Morgan fingerprint density at radius 3 is 2.50 bits per heavy atom. The minimum atomic E-state index is 0.368. The monoisotopic (exact) mass is 332 g/mol. The molecule has 1 rings (SSSR count). The van der Waals surface area contributed by atoms with Crippen molar-refractivity contribution in [1.29, 1.82) is 0 Å². The van der Waals surface area contributed by atoms with E-state index < -0.39 is 0 Å². The Hall–Kier alpha value is 0.1000. The maximum atomic E-state index is 5.68. The highest BCUT2D eigenvalue weighted by Gasteiger charge is 2.19. The molecule has 0 saturated heterocycles. The van der Waals surface area contributed by atoms with Crippen LogP contribution in [0.15, 0.2) is 15.9 Å². The first-order chi connectivity index (χ1) is 8.30. The molecule has 104 valence electrons. The van der Waals surface area contributed by atoms with E-state index in [1.165, 1.54) is 15.1 Å². The fourth-order valence-corrected chi connectivity index (χ4v) is 4.09. The Labute approximate surface area is 123 Å². The summed E-state index contributed by atoms with van der Waals surface area (Å²) in [4.78, 5) is 1.38. The van der Waals surface area contributed by atoms with Gasteiger partial charge in [-0.1, -0.05) is 27.7 Å². The number of thiophene rings is 1. The molecule has 0 aliphatic carbocycles. The summed E-state index contributed by atoms with van der Waals surface area (Å²) in [7, 11) is 0. The van der Waals surface area contributed by atoms with E-state index in [0.717, 1.165) is 12.8 Å². The zero-order valence-electron chi connectivity index (χ0n) is 11.8. The molecule has 0 aliphatic heterocycles. The summed E-state index contributed by atoms with van der Waals surface area (Å²) in [6.07, 6.45) is 3.38. The summed E-state index contributed by atoms with van der Waals surface area (Å²) in [6.45, 7) is 9.21. The lowest BCUT2D eigenvalue weighted by Gasteiger charge is -2.26. The van der Waals surface area contributed by atoms with Gasteiger partial charge in [-0.3, -0.25) is 11.3 Å². The van der Waals surface area contributed by atoms with Gasteiger partial charge in [0.15, 0.2) is 0 Å². The molecule has 4 heteroatoms. The van der Waals surface area contributed by atoms with Crippen molar-refractivity contribution in [2.75, 3.05) is 0 Å². The number of rotatable bonds is 6. The van der Waals surface area contributed by atoms with Gasteiger partial charge in [0.2, 0.25) is 0 Å². The summed E-state index contributed by atoms with van der Waals surface area (Å²) in [5.41, 5.74) is 3.36. The predicted octanol–water partition coefficient (Wildman–Crippen LogP) is 4.35. The van der Waals surface area contributed by atoms with E-state index in [9.17, 15) is 0 Å². The number of hydrazine groups is 1. The van der Waals surface area contributed by atoms with Crippen LogP contribution in [-0.4, -0.2) is 6.04 Å². The fraction of sp³-hybridized carbons (Fsp3) is 0.714. The fourth-order valence-electron chi connectivity index (χ4n) is 2.53. The second-order valence-corrected chi connectivity index (χ2v) is 8.93. The van der Waals surface area contributed by atoms with E-state index in [0.29, 0.717) is 17.4 Å². The third kappa shape index (κ3) is 6.32. The lowest BCUT2D eigenvalue weighted by molar-refractivity contribution is 0.275. The van der Waals surface area contributed by atoms with Crippen molar-refractivity contribution in [2.24, 2.45) is 17.2 Å². The maximum absolute atomic E-state index is 5.68. The summed E-state index contributed by atoms with van der Waals surface area (Å²) >= 11 is 5.29. The van der Waals surface area contributed by atoms with E-state index in [1.54, 1.807) is 11.3 Å². The van der Waals surface area contributed by atoms with Gasteiger partial charge < -0.3 is 0 Å². The third-order valence-corrected chi connectivity index (χ3v) is 4.61. The van der Waals surface area contributed by atoms with Crippen molar-refractivity contribution in [2.45, 2.75) is 53.0 Å². The largest absolute Gasteiger partial charge is 0.271 e. The van der Waals surface area contributed by atoms with Gasteiger partial charge in [-0.25, -0.2) is 0 Å². The Balaban J connectivity index is 2.46. The van der Waals surface area contributed by atoms with Crippen molar-refractivity contribution in [1.82, 2.24) is 5.43 Å².